The van der Waals surface area contributed by atoms with Crippen LogP contribution in [0.3, 0.4) is 0 Å². The van der Waals surface area contributed by atoms with E-state index >= 15 is 0 Å². The van der Waals surface area contributed by atoms with Crippen molar-refractivity contribution in [3.63, 3.8) is 0 Å². The third-order valence-electron chi connectivity index (χ3n) is 3.94. The van der Waals surface area contributed by atoms with E-state index < -0.39 is 0 Å². The maximum atomic E-state index is 5.61. The van der Waals surface area contributed by atoms with Crippen LogP contribution in [0.1, 0.15) is 33.1 Å². The highest BCUT2D eigenvalue weighted by Crippen LogP contribution is 2.25. The summed E-state index contributed by atoms with van der Waals surface area (Å²) in [6.45, 7) is 8.29. The van der Waals surface area contributed by atoms with Crippen molar-refractivity contribution in [2.45, 2.75) is 44.8 Å². The summed E-state index contributed by atoms with van der Waals surface area (Å²) in [6.07, 6.45) is 3.98. The van der Waals surface area contributed by atoms with Crippen LogP contribution in [0.25, 0.3) is 0 Å². The van der Waals surface area contributed by atoms with Gasteiger partial charge in [0.05, 0.1) is 12.7 Å². The predicted octanol–water partition coefficient (Wildman–Crippen LogP) is 1.57. The molecule has 3 atom stereocenters. The average Bonchev–Trinajstić information content (AvgIpc) is 2.59. The SMILES string of the molecule is CC1OCCC1(C)NCC1CCCOC1. The highest BCUT2D eigenvalue weighted by atomic mass is 16.5. The van der Waals surface area contributed by atoms with Crippen LogP contribution in [0.2, 0.25) is 0 Å². The molecule has 0 bridgehead atoms. The maximum absolute atomic E-state index is 5.61. The van der Waals surface area contributed by atoms with Gasteiger partial charge < -0.3 is 14.8 Å². The molecule has 0 aromatic heterocycles. The van der Waals surface area contributed by atoms with E-state index in [0.717, 1.165) is 32.8 Å². The third-order valence-corrected chi connectivity index (χ3v) is 3.94. The van der Waals surface area contributed by atoms with Gasteiger partial charge in [-0.2, -0.15) is 0 Å². The number of nitrogens with one attached hydrogen (secondary N) is 1. The summed E-state index contributed by atoms with van der Waals surface area (Å²) in [7, 11) is 0. The summed E-state index contributed by atoms with van der Waals surface area (Å²) in [6, 6.07) is 0. The van der Waals surface area contributed by atoms with Crippen molar-refractivity contribution in [2.24, 2.45) is 5.92 Å². The molecule has 2 heterocycles. The molecule has 2 rings (SSSR count). The molecule has 88 valence electrons. The molecule has 0 saturated carbocycles. The fourth-order valence-corrected chi connectivity index (χ4v) is 2.41. The van der Waals surface area contributed by atoms with Crippen LogP contribution in [-0.2, 0) is 9.47 Å². The topological polar surface area (TPSA) is 30.5 Å². The zero-order chi connectivity index (χ0) is 10.7. The van der Waals surface area contributed by atoms with Crippen LogP contribution in [0.15, 0.2) is 0 Å². The van der Waals surface area contributed by atoms with Gasteiger partial charge in [0.15, 0.2) is 0 Å². The Morgan fingerprint density at radius 2 is 2.27 bits per heavy atom. The molecule has 3 heteroatoms. The molecular weight excluding hydrogens is 190 g/mol. The first-order valence-electron chi connectivity index (χ1n) is 6.15. The van der Waals surface area contributed by atoms with Crippen molar-refractivity contribution < 1.29 is 9.47 Å². The van der Waals surface area contributed by atoms with Crippen LogP contribution in [0.4, 0.5) is 0 Å². The number of hydrogen-bond donors (Lipinski definition) is 1. The van der Waals surface area contributed by atoms with Gasteiger partial charge in [-0.3, -0.25) is 0 Å². The Kier molecular flexibility index (Phi) is 3.65. The molecule has 1 N–H and O–H groups in total. The van der Waals surface area contributed by atoms with Gasteiger partial charge in [0.25, 0.3) is 0 Å². The van der Waals surface area contributed by atoms with E-state index in [1.54, 1.807) is 0 Å². The quantitative estimate of drug-likeness (QED) is 0.772. The van der Waals surface area contributed by atoms with E-state index in [2.05, 4.69) is 19.2 Å². The number of hydrogen-bond acceptors (Lipinski definition) is 3. The minimum absolute atomic E-state index is 0.178. The van der Waals surface area contributed by atoms with Gasteiger partial charge in [-0.1, -0.05) is 0 Å². The van der Waals surface area contributed by atoms with Crippen LogP contribution < -0.4 is 5.32 Å². The molecule has 0 amide bonds. The smallest absolute Gasteiger partial charge is 0.0726 e. The van der Waals surface area contributed by atoms with Crippen molar-refractivity contribution in [3.05, 3.63) is 0 Å². The van der Waals surface area contributed by atoms with Crippen LogP contribution in [-0.4, -0.2) is 38.0 Å². The molecule has 0 aliphatic carbocycles. The molecular formula is C12H23NO2. The van der Waals surface area contributed by atoms with Crippen molar-refractivity contribution in [1.29, 1.82) is 0 Å². The Morgan fingerprint density at radius 1 is 1.40 bits per heavy atom. The normalized spacial score (nSPS) is 42.0. The largest absolute Gasteiger partial charge is 0.381 e. The van der Waals surface area contributed by atoms with E-state index in [-0.39, 0.29) is 5.54 Å². The summed E-state index contributed by atoms with van der Waals surface area (Å²) >= 11 is 0. The molecule has 0 aromatic rings. The van der Waals surface area contributed by atoms with Crippen LogP contribution >= 0.6 is 0 Å². The Balaban J connectivity index is 1.76. The standard InChI is InChI=1S/C12H23NO2/c1-10-12(2,5-7-15-10)13-8-11-4-3-6-14-9-11/h10-11,13H,3-9H2,1-2H3. The first-order chi connectivity index (χ1) is 7.21. The Hall–Kier alpha value is -0.120. The second kappa shape index (κ2) is 4.81. The van der Waals surface area contributed by atoms with Gasteiger partial charge in [0.2, 0.25) is 0 Å². The zero-order valence-electron chi connectivity index (χ0n) is 9.92. The molecule has 2 aliphatic rings. The second-order valence-corrected chi connectivity index (χ2v) is 5.14. The molecule has 3 unspecified atom stereocenters. The maximum Gasteiger partial charge on any atom is 0.0726 e. The van der Waals surface area contributed by atoms with Crippen LogP contribution in [0.5, 0.6) is 0 Å². The van der Waals surface area contributed by atoms with Gasteiger partial charge in [-0.25, -0.2) is 0 Å². The average molecular weight is 213 g/mol. The molecule has 0 spiro atoms. The van der Waals surface area contributed by atoms with Crippen LogP contribution in [0, 0.1) is 5.92 Å². The van der Waals surface area contributed by atoms with Crippen molar-refractivity contribution in [3.8, 4) is 0 Å². The first kappa shape index (κ1) is 11.4. The van der Waals surface area contributed by atoms with Crippen molar-refractivity contribution in [2.75, 3.05) is 26.4 Å². The molecule has 2 saturated heterocycles. The second-order valence-electron chi connectivity index (χ2n) is 5.14. The molecule has 0 radical (unpaired) electrons. The Bertz CT molecular complexity index is 204. The summed E-state index contributed by atoms with van der Waals surface area (Å²) in [5, 5.41) is 3.67. The van der Waals surface area contributed by atoms with Gasteiger partial charge in [0, 0.05) is 25.3 Å². The summed E-state index contributed by atoms with van der Waals surface area (Å²) in [5.41, 5.74) is 0.178. The highest BCUT2D eigenvalue weighted by molar-refractivity contribution is 4.93. The minimum Gasteiger partial charge on any atom is -0.381 e. The van der Waals surface area contributed by atoms with Gasteiger partial charge in [-0.05, 0) is 39.0 Å². The molecule has 3 nitrogen and oxygen atoms in total. The Labute approximate surface area is 92.5 Å². The lowest BCUT2D eigenvalue weighted by molar-refractivity contribution is 0.0456. The first-order valence-corrected chi connectivity index (χ1v) is 6.15. The number of ether oxygens (including phenoxy) is 2. The third kappa shape index (κ3) is 2.71. The van der Waals surface area contributed by atoms with E-state index in [1.165, 1.54) is 12.8 Å². The van der Waals surface area contributed by atoms with Gasteiger partial charge >= 0.3 is 0 Å². The lowest BCUT2D eigenvalue weighted by atomic mass is 9.93. The molecule has 15 heavy (non-hydrogen) atoms. The molecule has 0 aromatic carbocycles. The van der Waals surface area contributed by atoms with E-state index in [1.807, 2.05) is 0 Å². The summed E-state index contributed by atoms with van der Waals surface area (Å²) in [4.78, 5) is 0. The number of rotatable bonds is 3. The lowest BCUT2D eigenvalue weighted by Crippen LogP contribution is -2.50. The van der Waals surface area contributed by atoms with E-state index in [4.69, 9.17) is 9.47 Å². The fraction of sp³-hybridized carbons (Fsp3) is 1.00. The van der Waals surface area contributed by atoms with E-state index in [0.29, 0.717) is 12.0 Å². The fourth-order valence-electron chi connectivity index (χ4n) is 2.41. The summed E-state index contributed by atoms with van der Waals surface area (Å²) < 4.78 is 11.1. The zero-order valence-corrected chi connectivity index (χ0v) is 9.92. The van der Waals surface area contributed by atoms with Gasteiger partial charge in [-0.15, -0.1) is 0 Å². The molecule has 2 fully saturated rings. The monoisotopic (exact) mass is 213 g/mol. The predicted molar refractivity (Wildman–Crippen MR) is 60.0 cm³/mol. The lowest BCUT2D eigenvalue weighted by Gasteiger charge is -2.32. The highest BCUT2D eigenvalue weighted by Gasteiger charge is 2.36. The minimum atomic E-state index is 0.178. The Morgan fingerprint density at radius 3 is 2.87 bits per heavy atom. The summed E-state index contributed by atoms with van der Waals surface area (Å²) in [5.74, 6) is 0.698. The van der Waals surface area contributed by atoms with Crippen molar-refractivity contribution in [1.82, 2.24) is 5.32 Å². The molecule has 2 aliphatic heterocycles. The van der Waals surface area contributed by atoms with E-state index in [9.17, 15) is 0 Å². The van der Waals surface area contributed by atoms with Crippen molar-refractivity contribution >= 4 is 0 Å². The van der Waals surface area contributed by atoms with Gasteiger partial charge in [0.1, 0.15) is 0 Å².